The van der Waals surface area contributed by atoms with Gasteiger partial charge in [0.05, 0.1) is 0 Å². The summed E-state index contributed by atoms with van der Waals surface area (Å²) in [6.45, 7) is 13.2. The molecule has 0 aliphatic rings. The number of ether oxygens (including phenoxy) is 2. The smallest absolute Gasteiger partial charge is 0.157 e. The number of hydrogen-bond acceptors (Lipinski definition) is 2. The zero-order valence-electron chi connectivity index (χ0n) is 16.8. The topological polar surface area (TPSA) is 18.5 Å². The molecule has 0 heterocycles. The van der Waals surface area contributed by atoms with Gasteiger partial charge in [0, 0.05) is 13.2 Å². The maximum Gasteiger partial charge on any atom is 0.157 e. The minimum Gasteiger partial charge on any atom is -0.353 e. The molecule has 0 saturated heterocycles. The minimum atomic E-state index is 0.0261. The molecule has 23 heavy (non-hydrogen) atoms. The number of hydrogen-bond donors (Lipinski definition) is 0. The van der Waals surface area contributed by atoms with Crippen molar-refractivity contribution in [3.8, 4) is 0 Å². The Hall–Kier alpha value is -0.0800. The summed E-state index contributed by atoms with van der Waals surface area (Å²) < 4.78 is 12.0. The van der Waals surface area contributed by atoms with Crippen LogP contribution in [0.5, 0.6) is 0 Å². The molecule has 0 amide bonds. The first kappa shape index (κ1) is 22.9. The highest BCUT2D eigenvalue weighted by atomic mass is 16.7. The molecule has 2 heteroatoms. The Morgan fingerprint density at radius 3 is 1.61 bits per heavy atom. The molecule has 0 spiro atoms. The molecule has 0 bridgehead atoms. The summed E-state index contributed by atoms with van der Waals surface area (Å²) in [6, 6.07) is 0. The van der Waals surface area contributed by atoms with Crippen LogP contribution in [0, 0.1) is 5.41 Å². The lowest BCUT2D eigenvalue weighted by Crippen LogP contribution is -2.19. The molecule has 0 rings (SSSR count). The van der Waals surface area contributed by atoms with E-state index in [-0.39, 0.29) is 6.29 Å². The lowest BCUT2D eigenvalue weighted by atomic mass is 9.89. The van der Waals surface area contributed by atoms with Crippen LogP contribution in [0.2, 0.25) is 0 Å². The summed E-state index contributed by atoms with van der Waals surface area (Å²) in [7, 11) is 0. The average Bonchev–Trinajstić information content (AvgIpc) is 2.49. The van der Waals surface area contributed by atoms with Gasteiger partial charge in [0.25, 0.3) is 0 Å². The van der Waals surface area contributed by atoms with E-state index >= 15 is 0 Å². The lowest BCUT2D eigenvalue weighted by molar-refractivity contribution is -0.148. The first-order valence-corrected chi connectivity index (χ1v) is 10.2. The molecule has 2 nitrogen and oxygen atoms in total. The van der Waals surface area contributed by atoms with Gasteiger partial charge in [-0.15, -0.1) is 0 Å². The van der Waals surface area contributed by atoms with Gasteiger partial charge in [-0.1, -0.05) is 79.6 Å². The van der Waals surface area contributed by atoms with Crippen LogP contribution in [0.1, 0.15) is 112 Å². The molecule has 0 aromatic rings. The highest BCUT2D eigenvalue weighted by Gasteiger charge is 2.12. The second-order valence-electron chi connectivity index (χ2n) is 8.10. The number of rotatable bonds is 16. The van der Waals surface area contributed by atoms with E-state index in [0.29, 0.717) is 5.41 Å². The van der Waals surface area contributed by atoms with Gasteiger partial charge in [0.2, 0.25) is 0 Å². The third-order valence-corrected chi connectivity index (χ3v) is 4.22. The molecule has 0 aromatic heterocycles. The average molecular weight is 329 g/mol. The molecule has 0 atom stereocenters. The van der Waals surface area contributed by atoms with E-state index in [0.717, 1.165) is 19.6 Å². The molecular weight excluding hydrogens is 284 g/mol. The molecule has 0 aromatic carbocycles. The first-order chi connectivity index (χ1) is 11.0. The Kier molecular flexibility index (Phi) is 15.4. The molecule has 0 fully saturated rings. The molecule has 0 unspecified atom stereocenters. The van der Waals surface area contributed by atoms with Crippen molar-refractivity contribution in [3.63, 3.8) is 0 Å². The quantitative estimate of drug-likeness (QED) is 0.222. The van der Waals surface area contributed by atoms with Crippen molar-refractivity contribution in [2.24, 2.45) is 5.41 Å². The first-order valence-electron chi connectivity index (χ1n) is 10.2. The standard InChI is InChI=1S/C21H44O2/c1-6-8-10-14-18-22-20(23-19-15-11-9-7-2)16-12-13-17-21(3,4)5/h20H,6-19H2,1-5H3. The van der Waals surface area contributed by atoms with Crippen LogP contribution in [0.15, 0.2) is 0 Å². The van der Waals surface area contributed by atoms with E-state index in [1.165, 1.54) is 70.6 Å². The van der Waals surface area contributed by atoms with Crippen molar-refractivity contribution in [2.75, 3.05) is 13.2 Å². The van der Waals surface area contributed by atoms with Crippen LogP contribution in [0.25, 0.3) is 0 Å². The Balaban J connectivity index is 3.86. The second-order valence-corrected chi connectivity index (χ2v) is 8.10. The second kappa shape index (κ2) is 15.4. The van der Waals surface area contributed by atoms with Crippen LogP contribution < -0.4 is 0 Å². The van der Waals surface area contributed by atoms with Gasteiger partial charge in [-0.2, -0.15) is 0 Å². The van der Waals surface area contributed by atoms with Gasteiger partial charge in [-0.05, 0) is 37.5 Å². The third-order valence-electron chi connectivity index (χ3n) is 4.22. The van der Waals surface area contributed by atoms with E-state index in [1.54, 1.807) is 0 Å². The van der Waals surface area contributed by atoms with E-state index in [2.05, 4.69) is 34.6 Å². The van der Waals surface area contributed by atoms with E-state index < -0.39 is 0 Å². The SMILES string of the molecule is CCCCCCOC(CCCCC(C)(C)C)OCCCCCC. The predicted octanol–water partition coefficient (Wildman–Crippen LogP) is 7.11. The zero-order valence-corrected chi connectivity index (χ0v) is 16.8. The van der Waals surface area contributed by atoms with Gasteiger partial charge >= 0.3 is 0 Å². The van der Waals surface area contributed by atoms with Crippen molar-refractivity contribution < 1.29 is 9.47 Å². The molecular formula is C21H44O2. The van der Waals surface area contributed by atoms with Crippen LogP contribution in [0.4, 0.5) is 0 Å². The maximum absolute atomic E-state index is 6.01. The zero-order chi connectivity index (χ0) is 17.4. The molecule has 0 saturated carbocycles. The van der Waals surface area contributed by atoms with Gasteiger partial charge in [-0.3, -0.25) is 0 Å². The third kappa shape index (κ3) is 18.1. The van der Waals surface area contributed by atoms with Crippen LogP contribution in [-0.2, 0) is 9.47 Å². The summed E-state index contributed by atoms with van der Waals surface area (Å²) in [6.07, 6.45) is 15.0. The van der Waals surface area contributed by atoms with E-state index in [4.69, 9.17) is 9.47 Å². The summed E-state index contributed by atoms with van der Waals surface area (Å²) in [5.41, 5.74) is 0.442. The molecule has 0 aliphatic carbocycles. The van der Waals surface area contributed by atoms with Crippen molar-refractivity contribution in [1.82, 2.24) is 0 Å². The molecule has 0 radical (unpaired) electrons. The van der Waals surface area contributed by atoms with Gasteiger partial charge in [0.1, 0.15) is 0 Å². The van der Waals surface area contributed by atoms with E-state index in [1.807, 2.05) is 0 Å². The highest BCUT2D eigenvalue weighted by Crippen LogP contribution is 2.23. The van der Waals surface area contributed by atoms with Crippen molar-refractivity contribution >= 4 is 0 Å². The largest absolute Gasteiger partial charge is 0.353 e. The van der Waals surface area contributed by atoms with Crippen molar-refractivity contribution in [2.45, 2.75) is 118 Å². The summed E-state index contributed by atoms with van der Waals surface area (Å²) >= 11 is 0. The Labute approximate surface area is 146 Å². The summed E-state index contributed by atoms with van der Waals surface area (Å²) in [5, 5.41) is 0. The highest BCUT2D eigenvalue weighted by molar-refractivity contribution is 4.61. The number of unbranched alkanes of at least 4 members (excludes halogenated alkanes) is 7. The lowest BCUT2D eigenvalue weighted by Gasteiger charge is -2.21. The minimum absolute atomic E-state index is 0.0261. The fourth-order valence-corrected chi connectivity index (χ4v) is 2.67. The normalized spacial score (nSPS) is 12.3. The Morgan fingerprint density at radius 2 is 1.17 bits per heavy atom. The Morgan fingerprint density at radius 1 is 0.652 bits per heavy atom. The fourth-order valence-electron chi connectivity index (χ4n) is 2.67. The molecule has 0 aliphatic heterocycles. The summed E-state index contributed by atoms with van der Waals surface area (Å²) in [4.78, 5) is 0. The summed E-state index contributed by atoms with van der Waals surface area (Å²) in [5.74, 6) is 0. The maximum atomic E-state index is 6.01. The van der Waals surface area contributed by atoms with Crippen molar-refractivity contribution in [3.05, 3.63) is 0 Å². The van der Waals surface area contributed by atoms with Crippen LogP contribution in [0.3, 0.4) is 0 Å². The fraction of sp³-hybridized carbons (Fsp3) is 1.00. The van der Waals surface area contributed by atoms with Gasteiger partial charge in [0.15, 0.2) is 6.29 Å². The van der Waals surface area contributed by atoms with Crippen molar-refractivity contribution in [1.29, 1.82) is 0 Å². The Bertz CT molecular complexity index is 218. The van der Waals surface area contributed by atoms with Crippen LogP contribution >= 0.6 is 0 Å². The molecule has 140 valence electrons. The van der Waals surface area contributed by atoms with E-state index in [9.17, 15) is 0 Å². The van der Waals surface area contributed by atoms with Gasteiger partial charge < -0.3 is 9.47 Å². The molecule has 0 N–H and O–H groups in total. The monoisotopic (exact) mass is 328 g/mol. The van der Waals surface area contributed by atoms with Crippen LogP contribution in [-0.4, -0.2) is 19.5 Å². The predicted molar refractivity (Wildman–Crippen MR) is 102 cm³/mol. The van der Waals surface area contributed by atoms with Gasteiger partial charge in [-0.25, -0.2) is 0 Å².